The zero-order valence-corrected chi connectivity index (χ0v) is 34.7. The topological polar surface area (TPSA) is 169 Å². The number of ether oxygens (including phenoxy) is 1. The zero-order chi connectivity index (χ0) is 40.0. The van der Waals surface area contributed by atoms with Crippen LogP contribution in [0.4, 0.5) is 0 Å². The van der Waals surface area contributed by atoms with Gasteiger partial charge in [0.15, 0.2) is 6.04 Å². The molecule has 4 N–H and O–H groups in total. The smallest absolute Gasteiger partial charge is 0.472 e. The molecule has 0 fully saturated rings. The van der Waals surface area contributed by atoms with E-state index in [1.807, 2.05) is 0 Å². The van der Waals surface area contributed by atoms with Gasteiger partial charge in [0.2, 0.25) is 5.91 Å². The number of carbonyl (C=O) groups is 3. The molecule has 0 bridgehead atoms. The van der Waals surface area contributed by atoms with Crippen molar-refractivity contribution in [1.82, 2.24) is 5.32 Å². The summed E-state index contributed by atoms with van der Waals surface area (Å²) in [5, 5.41) is 21.8. The lowest BCUT2D eigenvalue weighted by molar-refractivity contribution is -0.147. The van der Waals surface area contributed by atoms with Crippen molar-refractivity contribution in [1.29, 1.82) is 0 Å². The molecule has 0 aromatic carbocycles. The summed E-state index contributed by atoms with van der Waals surface area (Å²) in [6, 6.07) is -1.55. The molecule has 12 heteroatoms. The number of unbranched alkanes of at least 4 members (excludes halogenated alkanes) is 19. The van der Waals surface area contributed by atoms with E-state index < -0.39 is 57.6 Å². The lowest BCUT2D eigenvalue weighted by atomic mass is 10.1. The molecule has 0 rings (SSSR count). The van der Waals surface area contributed by atoms with Gasteiger partial charge in [-0.1, -0.05) is 140 Å². The average Bonchev–Trinajstić information content (AvgIpc) is 3.14. The van der Waals surface area contributed by atoms with E-state index in [9.17, 15) is 34.1 Å². The summed E-state index contributed by atoms with van der Waals surface area (Å²) in [5.41, 5.74) is 0. The number of aliphatic carboxylic acids is 1. The largest absolute Gasteiger partial charge is 0.480 e. The van der Waals surface area contributed by atoms with Gasteiger partial charge in [-0.05, 0) is 64.2 Å². The van der Waals surface area contributed by atoms with Crippen LogP contribution in [0.25, 0.3) is 0 Å². The van der Waals surface area contributed by atoms with Crippen LogP contribution in [0.5, 0.6) is 0 Å². The number of allylic oxidation sites excluding steroid dienone is 6. The van der Waals surface area contributed by atoms with Gasteiger partial charge in [-0.2, -0.15) is 0 Å². The number of aliphatic hydroxyl groups excluding tert-OH is 1. The fourth-order valence-electron chi connectivity index (χ4n) is 5.58. The molecular formula is C42H76NO10P. The number of amides is 1. The molecule has 54 heavy (non-hydrogen) atoms. The first kappa shape index (κ1) is 51.7. The highest BCUT2D eigenvalue weighted by Crippen LogP contribution is 2.43. The van der Waals surface area contributed by atoms with E-state index in [1.54, 1.807) is 0 Å². The fourth-order valence-corrected chi connectivity index (χ4v) is 6.35. The van der Waals surface area contributed by atoms with E-state index in [4.69, 9.17) is 13.8 Å². The van der Waals surface area contributed by atoms with Crippen molar-refractivity contribution >= 4 is 25.7 Å². The lowest BCUT2D eigenvalue weighted by Crippen LogP contribution is -2.43. The second-order valence-corrected chi connectivity index (χ2v) is 15.6. The molecule has 0 aliphatic heterocycles. The minimum absolute atomic E-state index is 0.129. The first-order valence-corrected chi connectivity index (χ1v) is 22.5. The molecule has 0 aromatic heterocycles. The molecule has 0 spiro atoms. The third-order valence-corrected chi connectivity index (χ3v) is 9.83. The van der Waals surface area contributed by atoms with Crippen LogP contribution < -0.4 is 5.32 Å². The monoisotopic (exact) mass is 786 g/mol. The van der Waals surface area contributed by atoms with Crippen molar-refractivity contribution in [3.05, 3.63) is 36.5 Å². The molecule has 0 aliphatic carbocycles. The number of phosphoric acid groups is 1. The SMILES string of the molecule is CCC/C=C\C/C=C\CCCCCCCC(=O)NC(COP(=O)(O)OCC(O)COC(=O)CCCCCCCCC/C=C\CCCCCCCC)C(=O)O. The Balaban J connectivity index is 3.92. The zero-order valence-electron chi connectivity index (χ0n) is 33.8. The van der Waals surface area contributed by atoms with Crippen molar-refractivity contribution in [2.24, 2.45) is 0 Å². The van der Waals surface area contributed by atoms with Crippen molar-refractivity contribution in [2.75, 3.05) is 19.8 Å². The minimum atomic E-state index is -4.76. The number of hydrogen-bond acceptors (Lipinski definition) is 8. The standard InChI is InChI=1S/C42H76NO10P/c1-3-5-7-9-11-13-15-17-18-19-20-22-24-26-28-30-32-34-41(46)51-35-38(44)36-52-54(49,50)53-37-39(42(47)48)43-40(45)33-31-29-27-25-23-21-16-14-12-10-8-6-4-2/h8,10,14,16-18,38-39,44H,3-7,9,11-13,15,19-37H2,1-2H3,(H,43,45)(H,47,48)(H,49,50)/b10-8-,16-14-,18-17-. The van der Waals surface area contributed by atoms with Gasteiger partial charge >= 0.3 is 19.8 Å². The normalized spacial score (nSPS) is 14.1. The molecule has 0 saturated heterocycles. The highest BCUT2D eigenvalue weighted by Gasteiger charge is 2.28. The van der Waals surface area contributed by atoms with Crippen LogP contribution in [-0.2, 0) is 32.7 Å². The van der Waals surface area contributed by atoms with Crippen molar-refractivity contribution in [3.63, 3.8) is 0 Å². The predicted octanol–water partition coefficient (Wildman–Crippen LogP) is 10.4. The molecular weight excluding hydrogens is 709 g/mol. The summed E-state index contributed by atoms with van der Waals surface area (Å²) < 4.78 is 26.8. The summed E-state index contributed by atoms with van der Waals surface area (Å²) in [5.74, 6) is -2.40. The fraction of sp³-hybridized carbons (Fsp3) is 0.786. The van der Waals surface area contributed by atoms with Crippen LogP contribution in [0, 0.1) is 0 Å². The van der Waals surface area contributed by atoms with Crippen LogP contribution in [0.15, 0.2) is 36.5 Å². The Kier molecular flexibility index (Phi) is 36.0. The summed E-state index contributed by atoms with van der Waals surface area (Å²) in [7, 11) is -4.76. The number of aliphatic hydroxyl groups is 1. The third-order valence-electron chi connectivity index (χ3n) is 8.88. The Morgan fingerprint density at radius 1 is 0.593 bits per heavy atom. The van der Waals surface area contributed by atoms with E-state index in [1.165, 1.54) is 64.2 Å². The molecule has 0 heterocycles. The van der Waals surface area contributed by atoms with Gasteiger partial charge in [0.1, 0.15) is 12.7 Å². The highest BCUT2D eigenvalue weighted by atomic mass is 31.2. The molecule has 11 nitrogen and oxygen atoms in total. The Labute approximate surface area is 327 Å². The molecule has 0 saturated carbocycles. The van der Waals surface area contributed by atoms with E-state index in [0.717, 1.165) is 77.0 Å². The van der Waals surface area contributed by atoms with Gasteiger partial charge in [0, 0.05) is 12.8 Å². The Morgan fingerprint density at radius 3 is 1.59 bits per heavy atom. The number of phosphoric ester groups is 1. The van der Waals surface area contributed by atoms with Gasteiger partial charge in [-0.3, -0.25) is 18.6 Å². The van der Waals surface area contributed by atoms with E-state index in [-0.39, 0.29) is 12.8 Å². The lowest BCUT2D eigenvalue weighted by Gasteiger charge is -2.18. The maximum absolute atomic E-state index is 12.3. The molecule has 3 unspecified atom stereocenters. The molecule has 0 aliphatic rings. The first-order valence-electron chi connectivity index (χ1n) is 21.0. The summed E-state index contributed by atoms with van der Waals surface area (Å²) in [6.07, 6.45) is 38.8. The third kappa shape index (κ3) is 36.7. The van der Waals surface area contributed by atoms with Gasteiger partial charge in [-0.25, -0.2) is 9.36 Å². The molecule has 314 valence electrons. The number of esters is 1. The maximum atomic E-state index is 12.3. The van der Waals surface area contributed by atoms with Gasteiger partial charge in [0.05, 0.1) is 13.2 Å². The number of hydrogen-bond donors (Lipinski definition) is 4. The number of rotatable bonds is 39. The quantitative estimate of drug-likeness (QED) is 0.0204. The molecule has 1 amide bonds. The van der Waals surface area contributed by atoms with Crippen molar-refractivity contribution in [3.8, 4) is 0 Å². The van der Waals surface area contributed by atoms with Crippen molar-refractivity contribution < 1.29 is 47.8 Å². The summed E-state index contributed by atoms with van der Waals surface area (Å²) >= 11 is 0. The van der Waals surface area contributed by atoms with Crippen LogP contribution in [0.1, 0.15) is 181 Å². The predicted molar refractivity (Wildman–Crippen MR) is 217 cm³/mol. The Morgan fingerprint density at radius 2 is 1.06 bits per heavy atom. The van der Waals surface area contributed by atoms with E-state index >= 15 is 0 Å². The summed E-state index contributed by atoms with van der Waals surface area (Å²) in [4.78, 5) is 45.8. The number of carboxylic acids is 1. The highest BCUT2D eigenvalue weighted by molar-refractivity contribution is 7.47. The average molecular weight is 786 g/mol. The van der Waals surface area contributed by atoms with Crippen molar-refractivity contribution in [2.45, 2.75) is 193 Å². The Bertz CT molecular complexity index is 1060. The van der Waals surface area contributed by atoms with E-state index in [2.05, 4.69) is 55.6 Å². The first-order chi connectivity index (χ1) is 26.1. The number of carbonyl (C=O) groups excluding carboxylic acids is 2. The van der Waals surface area contributed by atoms with Crippen LogP contribution >= 0.6 is 7.82 Å². The van der Waals surface area contributed by atoms with Crippen LogP contribution in [-0.4, -0.2) is 64.9 Å². The maximum Gasteiger partial charge on any atom is 0.472 e. The minimum Gasteiger partial charge on any atom is -0.480 e. The van der Waals surface area contributed by atoms with Gasteiger partial charge in [0.25, 0.3) is 0 Å². The van der Waals surface area contributed by atoms with Crippen LogP contribution in [0.2, 0.25) is 0 Å². The van der Waals surface area contributed by atoms with Crippen LogP contribution in [0.3, 0.4) is 0 Å². The number of nitrogens with one attached hydrogen (secondary N) is 1. The second-order valence-electron chi connectivity index (χ2n) is 14.2. The molecule has 3 atom stereocenters. The number of carboxylic acid groups (broad SMARTS) is 1. The Hall–Kier alpha value is -2.30. The van der Waals surface area contributed by atoms with Gasteiger partial charge < -0.3 is 25.2 Å². The van der Waals surface area contributed by atoms with Gasteiger partial charge in [-0.15, -0.1) is 0 Å². The second kappa shape index (κ2) is 37.6. The molecule has 0 aromatic rings. The molecule has 0 radical (unpaired) electrons. The summed E-state index contributed by atoms with van der Waals surface area (Å²) in [6.45, 7) is 2.50. The van der Waals surface area contributed by atoms with E-state index in [0.29, 0.717) is 12.8 Å².